The molecule has 1 aliphatic carbocycles. The molecular formula is C14H21N3O5S. The van der Waals surface area contributed by atoms with Crippen LogP contribution >= 0.6 is 0 Å². The summed E-state index contributed by atoms with van der Waals surface area (Å²) in [4.78, 5) is 10.3. The summed E-state index contributed by atoms with van der Waals surface area (Å²) in [5.74, 6) is 0.416. The van der Waals surface area contributed by atoms with Gasteiger partial charge in [-0.15, -0.1) is 0 Å². The third kappa shape index (κ3) is 4.63. The monoisotopic (exact) mass is 343 g/mol. The van der Waals surface area contributed by atoms with Gasteiger partial charge in [-0.2, -0.15) is 0 Å². The Morgan fingerprint density at radius 3 is 2.52 bits per heavy atom. The minimum Gasteiger partial charge on any atom is -0.381 e. The molecule has 0 aliphatic heterocycles. The lowest BCUT2D eigenvalue weighted by molar-refractivity contribution is -0.384. The molecular weight excluding hydrogens is 322 g/mol. The molecule has 2 rings (SSSR count). The van der Waals surface area contributed by atoms with Gasteiger partial charge in [0.1, 0.15) is 5.69 Å². The highest BCUT2D eigenvalue weighted by Gasteiger charge is 2.23. The van der Waals surface area contributed by atoms with Gasteiger partial charge in [-0.1, -0.05) is 0 Å². The number of hydrogen-bond acceptors (Lipinski definition) is 6. The van der Waals surface area contributed by atoms with Crippen molar-refractivity contribution in [2.24, 2.45) is 11.1 Å². The Bertz CT molecular complexity index is 669. The summed E-state index contributed by atoms with van der Waals surface area (Å²) in [5, 5.41) is 19.2. The fourth-order valence-corrected chi connectivity index (χ4v) is 3.35. The van der Waals surface area contributed by atoms with E-state index in [2.05, 4.69) is 5.32 Å². The minimum absolute atomic E-state index is 0.268. The van der Waals surface area contributed by atoms with E-state index >= 15 is 0 Å². The molecule has 8 nitrogen and oxygen atoms in total. The van der Waals surface area contributed by atoms with Gasteiger partial charge in [-0.25, -0.2) is 13.6 Å². The number of nitro benzene ring substituents is 1. The van der Waals surface area contributed by atoms with E-state index < -0.39 is 14.9 Å². The van der Waals surface area contributed by atoms with Gasteiger partial charge < -0.3 is 10.1 Å². The van der Waals surface area contributed by atoms with Crippen molar-refractivity contribution in [2.75, 3.05) is 19.0 Å². The van der Waals surface area contributed by atoms with Crippen molar-refractivity contribution in [1.29, 1.82) is 0 Å². The Balaban J connectivity index is 2.06. The third-order valence-corrected chi connectivity index (χ3v) is 5.11. The number of sulfonamides is 1. The van der Waals surface area contributed by atoms with E-state index in [1.54, 1.807) is 7.11 Å². The van der Waals surface area contributed by atoms with Crippen LogP contribution in [0.4, 0.5) is 11.4 Å². The number of methoxy groups -OCH3 is 1. The summed E-state index contributed by atoms with van der Waals surface area (Å²) in [6.07, 6.45) is 4.25. The second-order valence-electron chi connectivity index (χ2n) is 5.74. The molecule has 23 heavy (non-hydrogen) atoms. The number of nitro groups is 1. The first-order chi connectivity index (χ1) is 10.8. The minimum atomic E-state index is -3.97. The van der Waals surface area contributed by atoms with Crippen LogP contribution < -0.4 is 10.5 Å². The maximum Gasteiger partial charge on any atom is 0.293 e. The average molecular weight is 343 g/mol. The van der Waals surface area contributed by atoms with Crippen molar-refractivity contribution in [3.8, 4) is 0 Å². The molecule has 1 aliphatic rings. The summed E-state index contributed by atoms with van der Waals surface area (Å²) in [5.41, 5.74) is 0.0124. The topological polar surface area (TPSA) is 125 Å². The Morgan fingerprint density at radius 1 is 1.35 bits per heavy atom. The van der Waals surface area contributed by atoms with Crippen LogP contribution in [-0.4, -0.2) is 33.1 Å². The van der Waals surface area contributed by atoms with E-state index in [1.807, 2.05) is 0 Å². The largest absolute Gasteiger partial charge is 0.381 e. The maximum atomic E-state index is 11.3. The van der Waals surface area contributed by atoms with Gasteiger partial charge in [0.05, 0.1) is 15.9 Å². The average Bonchev–Trinajstić information content (AvgIpc) is 2.52. The third-order valence-electron chi connectivity index (χ3n) is 4.20. The fraction of sp³-hybridized carbons (Fsp3) is 0.571. The molecule has 0 unspecified atom stereocenters. The number of nitrogens with zero attached hydrogens (tertiary/aromatic N) is 1. The SMILES string of the molecule is CO[C@H]1CC[C@@H](CNc2ccc(S(N)(=O)=O)cc2[N+](=O)[O-])CC1. The number of hydrogen-bond donors (Lipinski definition) is 2. The van der Waals surface area contributed by atoms with E-state index in [9.17, 15) is 18.5 Å². The highest BCUT2D eigenvalue weighted by atomic mass is 32.2. The van der Waals surface area contributed by atoms with Crippen molar-refractivity contribution in [1.82, 2.24) is 0 Å². The zero-order valence-corrected chi connectivity index (χ0v) is 13.7. The lowest BCUT2D eigenvalue weighted by Gasteiger charge is -2.27. The predicted octanol–water partition coefficient (Wildman–Crippen LogP) is 1.86. The molecule has 0 saturated heterocycles. The van der Waals surface area contributed by atoms with Crippen LogP contribution in [0.3, 0.4) is 0 Å². The highest BCUT2D eigenvalue weighted by Crippen LogP contribution is 2.30. The summed E-state index contributed by atoms with van der Waals surface area (Å²) < 4.78 is 27.9. The molecule has 0 bridgehead atoms. The van der Waals surface area contributed by atoms with Gasteiger partial charge in [-0.3, -0.25) is 10.1 Å². The van der Waals surface area contributed by atoms with Crippen molar-refractivity contribution in [3.63, 3.8) is 0 Å². The quantitative estimate of drug-likeness (QED) is 0.600. The Labute approximate surface area is 135 Å². The van der Waals surface area contributed by atoms with Gasteiger partial charge in [-0.05, 0) is 43.7 Å². The number of nitrogens with two attached hydrogens (primary N) is 1. The highest BCUT2D eigenvalue weighted by molar-refractivity contribution is 7.89. The van der Waals surface area contributed by atoms with E-state index in [4.69, 9.17) is 9.88 Å². The zero-order valence-electron chi connectivity index (χ0n) is 12.9. The van der Waals surface area contributed by atoms with Crippen molar-refractivity contribution in [3.05, 3.63) is 28.3 Å². The second-order valence-corrected chi connectivity index (χ2v) is 7.30. The summed E-state index contributed by atoms with van der Waals surface area (Å²) in [6, 6.07) is 3.64. The number of anilines is 1. The second kappa shape index (κ2) is 7.24. The van der Waals surface area contributed by atoms with E-state index in [-0.39, 0.29) is 10.6 Å². The summed E-state index contributed by atoms with van der Waals surface area (Å²) in [7, 11) is -2.26. The molecule has 0 atom stereocenters. The molecule has 3 N–H and O–H groups in total. The molecule has 0 radical (unpaired) electrons. The van der Waals surface area contributed by atoms with Crippen LogP contribution in [-0.2, 0) is 14.8 Å². The standard InChI is InChI=1S/C14H21N3O5S/c1-22-11-4-2-10(3-5-11)9-16-13-7-6-12(23(15,20)21)8-14(13)17(18)19/h6-8,10-11,16H,2-5,9H2,1H3,(H2,15,20,21)/t10-,11+. The first-order valence-corrected chi connectivity index (χ1v) is 8.94. The van der Waals surface area contributed by atoms with Gasteiger partial charge in [0.2, 0.25) is 10.0 Å². The first kappa shape index (κ1) is 17.6. The smallest absolute Gasteiger partial charge is 0.293 e. The van der Waals surface area contributed by atoms with Gasteiger partial charge in [0, 0.05) is 19.7 Å². The number of ether oxygens (including phenoxy) is 1. The molecule has 9 heteroatoms. The van der Waals surface area contributed by atoms with Crippen LogP contribution in [0.15, 0.2) is 23.1 Å². The van der Waals surface area contributed by atoms with E-state index in [0.717, 1.165) is 31.7 Å². The van der Waals surface area contributed by atoms with Crippen molar-refractivity contribution < 1.29 is 18.1 Å². The van der Waals surface area contributed by atoms with Crippen LogP contribution in [0.5, 0.6) is 0 Å². The number of benzene rings is 1. The van der Waals surface area contributed by atoms with Gasteiger partial charge in [0.25, 0.3) is 5.69 Å². The summed E-state index contributed by atoms with van der Waals surface area (Å²) in [6.45, 7) is 0.603. The normalized spacial score (nSPS) is 21.8. The van der Waals surface area contributed by atoms with Crippen LogP contribution in [0, 0.1) is 16.0 Å². The molecule has 1 fully saturated rings. The van der Waals surface area contributed by atoms with E-state index in [0.29, 0.717) is 24.3 Å². The Morgan fingerprint density at radius 2 is 2.00 bits per heavy atom. The Hall–Kier alpha value is -1.71. The molecule has 1 aromatic carbocycles. The molecule has 1 saturated carbocycles. The molecule has 0 aromatic heterocycles. The summed E-state index contributed by atoms with van der Waals surface area (Å²) >= 11 is 0. The maximum absolute atomic E-state index is 11.3. The Kier molecular flexibility index (Phi) is 5.55. The van der Waals surface area contributed by atoms with E-state index in [1.165, 1.54) is 12.1 Å². The zero-order chi connectivity index (χ0) is 17.0. The van der Waals surface area contributed by atoms with Crippen LogP contribution in [0.1, 0.15) is 25.7 Å². The van der Waals surface area contributed by atoms with Crippen LogP contribution in [0.25, 0.3) is 0 Å². The molecule has 0 spiro atoms. The molecule has 1 aromatic rings. The van der Waals surface area contributed by atoms with Crippen molar-refractivity contribution >= 4 is 21.4 Å². The predicted molar refractivity (Wildman–Crippen MR) is 85.7 cm³/mol. The number of nitrogens with one attached hydrogen (secondary N) is 1. The molecule has 128 valence electrons. The molecule has 0 heterocycles. The lowest BCUT2D eigenvalue weighted by Crippen LogP contribution is -2.25. The number of rotatable bonds is 6. The van der Waals surface area contributed by atoms with Crippen LogP contribution in [0.2, 0.25) is 0 Å². The van der Waals surface area contributed by atoms with Gasteiger partial charge in [0.15, 0.2) is 0 Å². The number of primary sulfonamides is 1. The van der Waals surface area contributed by atoms with Gasteiger partial charge >= 0.3 is 0 Å². The fourth-order valence-electron chi connectivity index (χ4n) is 2.81. The molecule has 0 amide bonds. The van der Waals surface area contributed by atoms with Crippen molar-refractivity contribution in [2.45, 2.75) is 36.7 Å². The lowest BCUT2D eigenvalue weighted by atomic mass is 9.87. The first-order valence-electron chi connectivity index (χ1n) is 7.39.